The molecule has 0 saturated carbocycles. The Morgan fingerprint density at radius 3 is 2.31 bits per heavy atom. The second kappa shape index (κ2) is 9.56. The Morgan fingerprint density at radius 1 is 1.00 bits per heavy atom. The third kappa shape index (κ3) is 4.74. The number of benzene rings is 1. The van der Waals surface area contributed by atoms with Crippen LogP contribution in [0.15, 0.2) is 40.6 Å². The molecule has 0 bridgehead atoms. The molecule has 0 unspecified atom stereocenters. The first-order chi connectivity index (χ1) is 15.3. The molecule has 0 aliphatic carbocycles. The number of imide groups is 1. The van der Waals surface area contributed by atoms with Crippen molar-refractivity contribution in [2.24, 2.45) is 0 Å². The molecule has 4 rings (SSSR count). The van der Waals surface area contributed by atoms with Gasteiger partial charge in [-0.15, -0.1) is 11.3 Å². The van der Waals surface area contributed by atoms with Crippen molar-refractivity contribution in [1.82, 2.24) is 14.1 Å². The molecule has 7 nitrogen and oxygen atoms in total. The van der Waals surface area contributed by atoms with Crippen molar-refractivity contribution in [2.45, 2.75) is 29.5 Å². The van der Waals surface area contributed by atoms with E-state index in [-0.39, 0.29) is 28.8 Å². The van der Waals surface area contributed by atoms with Crippen molar-refractivity contribution in [1.29, 1.82) is 0 Å². The van der Waals surface area contributed by atoms with Crippen LogP contribution in [0.1, 0.15) is 29.6 Å². The van der Waals surface area contributed by atoms with Gasteiger partial charge in [0.05, 0.1) is 10.4 Å². The minimum atomic E-state index is -3.62. The van der Waals surface area contributed by atoms with E-state index >= 15 is 0 Å². The second-order valence-electron chi connectivity index (χ2n) is 7.81. The Kier molecular flexibility index (Phi) is 6.97. The molecule has 3 heterocycles. The lowest BCUT2D eigenvalue weighted by molar-refractivity contribution is -0.134. The van der Waals surface area contributed by atoms with E-state index < -0.39 is 27.8 Å². The number of carbonyl (C=O) groups excluding carboxylic acids is 2. The Labute approximate surface area is 195 Å². The lowest BCUT2D eigenvalue weighted by Gasteiger charge is -2.38. The number of sulfonamides is 1. The monoisotopic (exact) mass is 499 g/mol. The predicted molar refractivity (Wildman–Crippen MR) is 120 cm³/mol. The quantitative estimate of drug-likeness (QED) is 0.604. The van der Waals surface area contributed by atoms with Gasteiger partial charge in [0, 0.05) is 38.3 Å². The average Bonchev–Trinajstić information content (AvgIpc) is 3.14. The van der Waals surface area contributed by atoms with Crippen LogP contribution in [0.5, 0.6) is 0 Å². The molecule has 2 fully saturated rings. The SMILES string of the molecule is O=C(c1ccc(F)cc1)N1CCCC[C@@H](N2CCN(S(=O)(=O)c3ccc(Cl)s3)CC2)C1=O. The maximum absolute atomic E-state index is 13.3. The number of thiophene rings is 1. The molecule has 2 saturated heterocycles. The van der Waals surface area contributed by atoms with Gasteiger partial charge < -0.3 is 0 Å². The van der Waals surface area contributed by atoms with Gasteiger partial charge in [-0.3, -0.25) is 19.4 Å². The van der Waals surface area contributed by atoms with E-state index in [0.29, 0.717) is 36.8 Å². The summed E-state index contributed by atoms with van der Waals surface area (Å²) in [5.74, 6) is -1.16. The Bertz CT molecular complexity index is 1100. The first-order valence-corrected chi connectivity index (χ1v) is 13.0. The van der Waals surface area contributed by atoms with Gasteiger partial charge >= 0.3 is 0 Å². The van der Waals surface area contributed by atoms with Crippen molar-refractivity contribution in [3.05, 3.63) is 52.1 Å². The van der Waals surface area contributed by atoms with Crippen LogP contribution < -0.4 is 0 Å². The number of carbonyl (C=O) groups is 2. The van der Waals surface area contributed by atoms with Gasteiger partial charge in [0.15, 0.2) is 0 Å². The largest absolute Gasteiger partial charge is 0.289 e. The number of rotatable bonds is 4. The fourth-order valence-corrected chi connectivity index (χ4v) is 7.19. The third-order valence-electron chi connectivity index (χ3n) is 5.85. The van der Waals surface area contributed by atoms with Crippen LogP contribution in [-0.2, 0) is 14.8 Å². The zero-order valence-electron chi connectivity index (χ0n) is 17.2. The van der Waals surface area contributed by atoms with Crippen LogP contribution in [0.2, 0.25) is 4.34 Å². The van der Waals surface area contributed by atoms with Gasteiger partial charge in [0.25, 0.3) is 15.9 Å². The average molecular weight is 500 g/mol. The number of likely N-dealkylation sites (tertiary alicyclic amines) is 1. The highest BCUT2D eigenvalue weighted by Crippen LogP contribution is 2.29. The molecule has 172 valence electrons. The van der Waals surface area contributed by atoms with Crippen LogP contribution in [-0.4, -0.2) is 73.1 Å². The molecule has 0 spiro atoms. The maximum Gasteiger partial charge on any atom is 0.260 e. The summed E-state index contributed by atoms with van der Waals surface area (Å²) in [7, 11) is -3.62. The van der Waals surface area contributed by atoms with E-state index in [1.54, 1.807) is 6.07 Å². The van der Waals surface area contributed by atoms with Crippen LogP contribution >= 0.6 is 22.9 Å². The van der Waals surface area contributed by atoms with Crippen molar-refractivity contribution in [2.75, 3.05) is 32.7 Å². The van der Waals surface area contributed by atoms with Crippen LogP contribution in [0.25, 0.3) is 0 Å². The number of hydrogen-bond acceptors (Lipinski definition) is 6. The molecule has 2 aliphatic heterocycles. The molecule has 32 heavy (non-hydrogen) atoms. The fraction of sp³-hybridized carbons (Fsp3) is 0.429. The Morgan fingerprint density at radius 2 is 1.69 bits per heavy atom. The lowest BCUT2D eigenvalue weighted by atomic mass is 10.1. The molecule has 0 radical (unpaired) electrons. The number of hydrogen-bond donors (Lipinski definition) is 0. The van der Waals surface area contributed by atoms with Gasteiger partial charge in [-0.2, -0.15) is 4.31 Å². The molecule has 2 aliphatic rings. The molecule has 2 amide bonds. The highest BCUT2D eigenvalue weighted by atomic mass is 35.5. The third-order valence-corrected chi connectivity index (χ3v) is 9.45. The molecule has 1 aromatic heterocycles. The summed E-state index contributed by atoms with van der Waals surface area (Å²) in [6.07, 6.45) is 2.10. The number of piperazine rings is 1. The number of nitrogens with zero attached hydrogens (tertiary/aromatic N) is 3. The fourth-order valence-electron chi connectivity index (χ4n) is 4.13. The molecular weight excluding hydrogens is 477 g/mol. The lowest BCUT2D eigenvalue weighted by Crippen LogP contribution is -2.56. The molecular formula is C21H23ClFN3O4S2. The van der Waals surface area contributed by atoms with Gasteiger partial charge in [0.2, 0.25) is 5.91 Å². The normalized spacial score (nSPS) is 21.5. The van der Waals surface area contributed by atoms with Gasteiger partial charge in [-0.25, -0.2) is 12.8 Å². The Balaban J connectivity index is 1.45. The van der Waals surface area contributed by atoms with E-state index in [0.717, 1.165) is 17.8 Å². The minimum absolute atomic E-state index is 0.206. The zero-order chi connectivity index (χ0) is 22.9. The van der Waals surface area contributed by atoms with E-state index in [9.17, 15) is 22.4 Å². The zero-order valence-corrected chi connectivity index (χ0v) is 19.6. The number of amides is 2. The first kappa shape index (κ1) is 23.3. The van der Waals surface area contributed by atoms with Crippen molar-refractivity contribution >= 4 is 44.8 Å². The van der Waals surface area contributed by atoms with Crippen LogP contribution in [0.4, 0.5) is 4.39 Å². The van der Waals surface area contributed by atoms with Crippen molar-refractivity contribution in [3.63, 3.8) is 0 Å². The summed E-state index contributed by atoms with van der Waals surface area (Å²) in [4.78, 5) is 29.4. The van der Waals surface area contributed by atoms with Gasteiger partial charge in [-0.05, 0) is 55.7 Å². The minimum Gasteiger partial charge on any atom is -0.289 e. The molecule has 1 atom stereocenters. The van der Waals surface area contributed by atoms with Crippen LogP contribution in [0.3, 0.4) is 0 Å². The maximum atomic E-state index is 13.3. The number of halogens is 2. The molecule has 11 heteroatoms. The van der Waals surface area contributed by atoms with Gasteiger partial charge in [-0.1, -0.05) is 11.6 Å². The molecule has 2 aromatic rings. The summed E-state index contributed by atoms with van der Waals surface area (Å²) < 4.78 is 40.9. The van der Waals surface area contributed by atoms with Crippen molar-refractivity contribution < 1.29 is 22.4 Å². The summed E-state index contributed by atoms with van der Waals surface area (Å²) in [6.45, 7) is 1.63. The van der Waals surface area contributed by atoms with E-state index in [2.05, 4.69) is 0 Å². The van der Waals surface area contributed by atoms with Gasteiger partial charge in [0.1, 0.15) is 10.0 Å². The molecule has 1 aromatic carbocycles. The second-order valence-corrected chi connectivity index (χ2v) is 11.7. The summed E-state index contributed by atoms with van der Waals surface area (Å²) >= 11 is 6.91. The summed E-state index contributed by atoms with van der Waals surface area (Å²) in [5.41, 5.74) is 0.269. The Hall–Kier alpha value is -1.85. The van der Waals surface area contributed by atoms with Crippen molar-refractivity contribution in [3.8, 4) is 0 Å². The first-order valence-electron chi connectivity index (χ1n) is 10.4. The summed E-state index contributed by atoms with van der Waals surface area (Å²) in [5, 5.41) is 0. The summed E-state index contributed by atoms with van der Waals surface area (Å²) in [6, 6.07) is 7.75. The van der Waals surface area contributed by atoms with E-state index in [1.807, 2.05) is 4.90 Å². The smallest absolute Gasteiger partial charge is 0.260 e. The molecule has 0 N–H and O–H groups in total. The van der Waals surface area contributed by atoms with E-state index in [4.69, 9.17) is 11.6 Å². The highest BCUT2D eigenvalue weighted by Gasteiger charge is 2.38. The predicted octanol–water partition coefficient (Wildman–Crippen LogP) is 3.07. The topological polar surface area (TPSA) is 78.0 Å². The highest BCUT2D eigenvalue weighted by molar-refractivity contribution is 7.91. The standard InChI is InChI=1S/C21H23ClFN3O4S2/c22-18-8-9-19(31-18)32(29,30)25-13-11-24(12-14-25)17-3-1-2-10-26(21(17)28)20(27)15-4-6-16(23)7-5-15/h4-9,17H,1-3,10-14H2/t17-/m1/s1. The van der Waals surface area contributed by atoms with Crippen LogP contribution in [0, 0.1) is 5.82 Å². The van der Waals surface area contributed by atoms with E-state index in [1.165, 1.54) is 39.5 Å².